The molecule has 1 aliphatic rings. The number of amides is 1. The predicted octanol–water partition coefficient (Wildman–Crippen LogP) is 3.02. The van der Waals surface area contributed by atoms with Crippen molar-refractivity contribution in [2.24, 2.45) is 0 Å². The summed E-state index contributed by atoms with van der Waals surface area (Å²) < 4.78 is 18.8. The fourth-order valence-electron chi connectivity index (χ4n) is 3.10. The number of rotatable bonds is 5. The molecule has 0 saturated carbocycles. The summed E-state index contributed by atoms with van der Waals surface area (Å²) in [4.78, 5) is 23.2. The molecule has 6 heteroatoms. The lowest BCUT2D eigenvalue weighted by atomic mass is 10.1. The highest BCUT2D eigenvalue weighted by molar-refractivity contribution is 5.76. The van der Waals surface area contributed by atoms with Crippen LogP contribution in [0.3, 0.4) is 0 Å². The molecule has 1 aliphatic heterocycles. The molecule has 3 rings (SSSR count). The number of aryl methyl sites for hydroxylation is 2. The van der Waals surface area contributed by atoms with Crippen molar-refractivity contribution in [3.63, 3.8) is 0 Å². The molecule has 1 fully saturated rings. The number of likely N-dealkylation sites (tertiary alicyclic amines) is 1. The zero-order valence-corrected chi connectivity index (χ0v) is 14.5. The molecule has 2 aromatic rings. The molecule has 1 aromatic heterocycles. The van der Waals surface area contributed by atoms with E-state index in [1.54, 1.807) is 18.2 Å². The van der Waals surface area contributed by atoms with E-state index in [1.165, 1.54) is 6.07 Å². The van der Waals surface area contributed by atoms with Crippen molar-refractivity contribution in [3.8, 4) is 5.75 Å². The molecule has 0 bridgehead atoms. The highest BCUT2D eigenvalue weighted by Gasteiger charge is 2.29. The SMILES string of the molecule is Cc1cc(C)nc(C2CCN(C(=O)CCOc3ccccc3F)C2)n1. The molecule has 2 heterocycles. The number of nitrogens with zero attached hydrogens (tertiary/aromatic N) is 3. The van der Waals surface area contributed by atoms with Crippen molar-refractivity contribution in [2.45, 2.75) is 32.6 Å². The van der Waals surface area contributed by atoms with Gasteiger partial charge in [-0.2, -0.15) is 0 Å². The second kappa shape index (κ2) is 7.59. The van der Waals surface area contributed by atoms with Crippen LogP contribution in [0, 0.1) is 19.7 Å². The maximum Gasteiger partial charge on any atom is 0.226 e. The van der Waals surface area contributed by atoms with Crippen LogP contribution >= 0.6 is 0 Å². The second-order valence-electron chi connectivity index (χ2n) is 6.36. The highest BCUT2D eigenvalue weighted by atomic mass is 19.1. The van der Waals surface area contributed by atoms with E-state index in [0.717, 1.165) is 23.6 Å². The van der Waals surface area contributed by atoms with Gasteiger partial charge in [-0.05, 0) is 38.5 Å². The second-order valence-corrected chi connectivity index (χ2v) is 6.36. The van der Waals surface area contributed by atoms with Crippen LogP contribution in [-0.2, 0) is 4.79 Å². The molecule has 132 valence electrons. The number of halogens is 1. The van der Waals surface area contributed by atoms with Gasteiger partial charge in [0.2, 0.25) is 5.91 Å². The van der Waals surface area contributed by atoms with Crippen LogP contribution in [0.1, 0.15) is 36.0 Å². The highest BCUT2D eigenvalue weighted by Crippen LogP contribution is 2.25. The van der Waals surface area contributed by atoms with Gasteiger partial charge in [-0.15, -0.1) is 0 Å². The van der Waals surface area contributed by atoms with E-state index in [1.807, 2.05) is 24.8 Å². The maximum atomic E-state index is 13.5. The van der Waals surface area contributed by atoms with Gasteiger partial charge >= 0.3 is 0 Å². The Kier molecular flexibility index (Phi) is 5.26. The van der Waals surface area contributed by atoms with E-state index in [9.17, 15) is 9.18 Å². The Bertz CT molecular complexity index is 746. The van der Waals surface area contributed by atoms with Crippen molar-refractivity contribution in [1.82, 2.24) is 14.9 Å². The first-order valence-corrected chi connectivity index (χ1v) is 8.50. The third-order valence-electron chi connectivity index (χ3n) is 4.32. The van der Waals surface area contributed by atoms with Gasteiger partial charge < -0.3 is 9.64 Å². The molecule has 0 spiro atoms. The van der Waals surface area contributed by atoms with Gasteiger partial charge in [0.15, 0.2) is 11.6 Å². The standard InChI is InChI=1S/C19H22FN3O2/c1-13-11-14(2)22-19(21-13)15-7-9-23(12-15)18(24)8-10-25-17-6-4-3-5-16(17)20/h3-6,11,15H,7-10,12H2,1-2H3. The number of hydrogen-bond acceptors (Lipinski definition) is 4. The zero-order valence-electron chi connectivity index (χ0n) is 14.5. The first kappa shape index (κ1) is 17.3. The summed E-state index contributed by atoms with van der Waals surface area (Å²) >= 11 is 0. The number of hydrogen-bond donors (Lipinski definition) is 0. The maximum absolute atomic E-state index is 13.5. The topological polar surface area (TPSA) is 55.3 Å². The fourth-order valence-corrected chi connectivity index (χ4v) is 3.10. The van der Waals surface area contributed by atoms with Gasteiger partial charge in [0.25, 0.3) is 0 Å². The molecule has 0 radical (unpaired) electrons. The van der Waals surface area contributed by atoms with Crippen molar-refractivity contribution >= 4 is 5.91 Å². The van der Waals surface area contributed by atoms with E-state index >= 15 is 0 Å². The molecule has 1 unspecified atom stereocenters. The lowest BCUT2D eigenvalue weighted by molar-refractivity contribution is -0.130. The number of para-hydroxylation sites is 1. The Labute approximate surface area is 146 Å². The van der Waals surface area contributed by atoms with Crippen molar-refractivity contribution in [1.29, 1.82) is 0 Å². The molecule has 0 aliphatic carbocycles. The minimum Gasteiger partial charge on any atom is -0.490 e. The molecule has 1 saturated heterocycles. The van der Waals surface area contributed by atoms with Crippen LogP contribution in [0.2, 0.25) is 0 Å². The van der Waals surface area contributed by atoms with Gasteiger partial charge in [0, 0.05) is 30.4 Å². The van der Waals surface area contributed by atoms with Crippen LogP contribution in [0.15, 0.2) is 30.3 Å². The number of carbonyl (C=O) groups excluding carboxylic acids is 1. The number of carbonyl (C=O) groups is 1. The summed E-state index contributed by atoms with van der Waals surface area (Å²) in [6.07, 6.45) is 1.09. The minimum absolute atomic E-state index is 0.0169. The largest absolute Gasteiger partial charge is 0.490 e. The lowest BCUT2D eigenvalue weighted by Crippen LogP contribution is -2.29. The quantitative estimate of drug-likeness (QED) is 0.837. The molecule has 0 N–H and O–H groups in total. The molecule has 1 amide bonds. The third-order valence-corrected chi connectivity index (χ3v) is 4.32. The van der Waals surface area contributed by atoms with Crippen LogP contribution in [0.5, 0.6) is 5.75 Å². The molecule has 5 nitrogen and oxygen atoms in total. The van der Waals surface area contributed by atoms with Gasteiger partial charge in [-0.3, -0.25) is 4.79 Å². The van der Waals surface area contributed by atoms with Crippen LogP contribution in [0.4, 0.5) is 4.39 Å². The monoisotopic (exact) mass is 343 g/mol. The van der Waals surface area contributed by atoms with Gasteiger partial charge in [-0.1, -0.05) is 12.1 Å². The molecular weight excluding hydrogens is 321 g/mol. The summed E-state index contributed by atoms with van der Waals surface area (Å²) in [6, 6.07) is 8.15. The van der Waals surface area contributed by atoms with E-state index in [0.29, 0.717) is 13.1 Å². The Morgan fingerprint density at radius 3 is 2.72 bits per heavy atom. The average molecular weight is 343 g/mol. The number of aromatic nitrogens is 2. The Morgan fingerprint density at radius 1 is 1.28 bits per heavy atom. The smallest absolute Gasteiger partial charge is 0.226 e. The molecule has 1 atom stereocenters. The predicted molar refractivity (Wildman–Crippen MR) is 92.0 cm³/mol. The van der Waals surface area contributed by atoms with E-state index < -0.39 is 5.82 Å². The lowest BCUT2D eigenvalue weighted by Gasteiger charge is -2.17. The van der Waals surface area contributed by atoms with Crippen molar-refractivity contribution in [3.05, 3.63) is 53.4 Å². The first-order chi connectivity index (χ1) is 12.0. The van der Waals surface area contributed by atoms with Crippen molar-refractivity contribution < 1.29 is 13.9 Å². The van der Waals surface area contributed by atoms with Gasteiger partial charge in [0.05, 0.1) is 13.0 Å². The molecule has 25 heavy (non-hydrogen) atoms. The first-order valence-electron chi connectivity index (χ1n) is 8.50. The zero-order chi connectivity index (χ0) is 17.8. The van der Waals surface area contributed by atoms with Crippen LogP contribution < -0.4 is 4.74 Å². The summed E-state index contributed by atoms with van der Waals surface area (Å²) in [5, 5.41) is 0. The number of benzene rings is 1. The van der Waals surface area contributed by atoms with E-state index in [2.05, 4.69) is 9.97 Å². The molecular formula is C19H22FN3O2. The molecule has 1 aromatic carbocycles. The normalized spacial score (nSPS) is 16.9. The van der Waals surface area contributed by atoms with E-state index in [-0.39, 0.29) is 30.6 Å². The van der Waals surface area contributed by atoms with Crippen LogP contribution in [-0.4, -0.2) is 40.5 Å². The average Bonchev–Trinajstić information content (AvgIpc) is 3.06. The summed E-state index contributed by atoms with van der Waals surface area (Å²) in [7, 11) is 0. The fraction of sp³-hybridized carbons (Fsp3) is 0.421. The third kappa shape index (κ3) is 4.32. The summed E-state index contributed by atoms with van der Waals surface area (Å²) in [5.41, 5.74) is 1.90. The minimum atomic E-state index is -0.414. The van der Waals surface area contributed by atoms with Crippen LogP contribution in [0.25, 0.3) is 0 Å². The Morgan fingerprint density at radius 2 is 2.00 bits per heavy atom. The van der Waals surface area contributed by atoms with Gasteiger partial charge in [-0.25, -0.2) is 14.4 Å². The Balaban J connectivity index is 1.51. The van der Waals surface area contributed by atoms with E-state index in [4.69, 9.17) is 4.74 Å². The van der Waals surface area contributed by atoms with Gasteiger partial charge in [0.1, 0.15) is 5.82 Å². The summed E-state index contributed by atoms with van der Waals surface area (Å²) in [5.74, 6) is 0.773. The summed E-state index contributed by atoms with van der Waals surface area (Å²) in [6.45, 7) is 5.40. The number of ether oxygens (including phenoxy) is 1. The van der Waals surface area contributed by atoms with Crippen molar-refractivity contribution in [2.75, 3.05) is 19.7 Å². The Hall–Kier alpha value is -2.50.